The summed E-state index contributed by atoms with van der Waals surface area (Å²) < 4.78 is 10.6. The van der Waals surface area contributed by atoms with Gasteiger partial charge in [0.25, 0.3) is 0 Å². The summed E-state index contributed by atoms with van der Waals surface area (Å²) in [5.74, 6) is 0.443. The first kappa shape index (κ1) is 13.7. The van der Waals surface area contributed by atoms with Crippen molar-refractivity contribution < 1.29 is 14.6 Å². The first-order chi connectivity index (χ1) is 9.24. The molecule has 1 saturated heterocycles. The molecule has 2 unspecified atom stereocenters. The Hall–Kier alpha value is -1.77. The molecule has 1 heterocycles. The number of hydrogen-bond acceptors (Lipinski definition) is 5. The molecule has 0 saturated carbocycles. The molecule has 0 spiro atoms. The van der Waals surface area contributed by atoms with E-state index in [0.29, 0.717) is 12.3 Å². The van der Waals surface area contributed by atoms with Gasteiger partial charge in [-0.1, -0.05) is 6.07 Å². The van der Waals surface area contributed by atoms with Crippen LogP contribution < -0.4 is 10.1 Å². The molecule has 1 fully saturated rings. The molecular formula is C14H18N2O3. The molecule has 1 aliphatic heterocycles. The van der Waals surface area contributed by atoms with Gasteiger partial charge >= 0.3 is 0 Å². The lowest BCUT2D eigenvalue weighted by Crippen LogP contribution is -2.29. The second kappa shape index (κ2) is 6.41. The van der Waals surface area contributed by atoms with Crippen LogP contribution in [0.25, 0.3) is 0 Å². The Morgan fingerprint density at radius 1 is 1.63 bits per heavy atom. The van der Waals surface area contributed by atoms with Crippen molar-refractivity contribution in [3.63, 3.8) is 0 Å². The molecule has 0 radical (unpaired) electrons. The van der Waals surface area contributed by atoms with Gasteiger partial charge in [0.1, 0.15) is 6.04 Å². The molecule has 1 aliphatic rings. The summed E-state index contributed by atoms with van der Waals surface area (Å²) in [6.07, 6.45) is 2.30. The predicted molar refractivity (Wildman–Crippen MR) is 70.0 cm³/mol. The molecule has 0 aliphatic carbocycles. The van der Waals surface area contributed by atoms with Gasteiger partial charge in [-0.3, -0.25) is 5.32 Å². The van der Waals surface area contributed by atoms with Crippen LogP contribution in [0.2, 0.25) is 0 Å². The number of phenolic OH excluding ortho intramolecular Hbond substituents is 1. The summed E-state index contributed by atoms with van der Waals surface area (Å²) in [4.78, 5) is 0. The van der Waals surface area contributed by atoms with Crippen molar-refractivity contribution in [3.05, 3.63) is 23.8 Å². The van der Waals surface area contributed by atoms with Crippen LogP contribution in [-0.2, 0) is 4.74 Å². The summed E-state index contributed by atoms with van der Waals surface area (Å²) in [5, 5.41) is 21.9. The zero-order chi connectivity index (χ0) is 13.7. The molecule has 0 aromatic heterocycles. The molecule has 0 amide bonds. The monoisotopic (exact) mass is 262 g/mol. The van der Waals surface area contributed by atoms with Crippen LogP contribution in [0.3, 0.4) is 0 Å². The van der Waals surface area contributed by atoms with Crippen LogP contribution in [0, 0.1) is 11.3 Å². The molecule has 2 atom stereocenters. The van der Waals surface area contributed by atoms with Crippen molar-refractivity contribution in [2.45, 2.75) is 25.0 Å². The Bertz CT molecular complexity index is 464. The largest absolute Gasteiger partial charge is 0.504 e. The Labute approximate surface area is 112 Å². The van der Waals surface area contributed by atoms with E-state index in [1.165, 1.54) is 13.2 Å². The van der Waals surface area contributed by atoms with Gasteiger partial charge in [0.2, 0.25) is 0 Å². The minimum Gasteiger partial charge on any atom is -0.504 e. The van der Waals surface area contributed by atoms with E-state index < -0.39 is 6.04 Å². The van der Waals surface area contributed by atoms with E-state index in [4.69, 9.17) is 9.47 Å². The van der Waals surface area contributed by atoms with Crippen molar-refractivity contribution in [1.82, 2.24) is 5.32 Å². The van der Waals surface area contributed by atoms with E-state index in [0.717, 1.165) is 25.0 Å². The average molecular weight is 262 g/mol. The molecule has 2 rings (SSSR count). The molecule has 0 bridgehead atoms. The second-order valence-corrected chi connectivity index (χ2v) is 4.54. The number of nitriles is 1. The Kier molecular flexibility index (Phi) is 4.61. The first-order valence-corrected chi connectivity index (χ1v) is 6.36. The van der Waals surface area contributed by atoms with Crippen LogP contribution in [0.1, 0.15) is 24.4 Å². The maximum absolute atomic E-state index is 9.54. The highest BCUT2D eigenvalue weighted by Gasteiger charge is 2.18. The fraction of sp³-hybridized carbons (Fsp3) is 0.500. The topological polar surface area (TPSA) is 74.5 Å². The van der Waals surface area contributed by atoms with Gasteiger partial charge in [-0.2, -0.15) is 5.26 Å². The lowest BCUT2D eigenvalue weighted by Gasteiger charge is -2.16. The van der Waals surface area contributed by atoms with E-state index in [1.54, 1.807) is 12.1 Å². The molecule has 5 heteroatoms. The van der Waals surface area contributed by atoms with E-state index in [9.17, 15) is 10.4 Å². The van der Waals surface area contributed by atoms with Gasteiger partial charge < -0.3 is 14.6 Å². The maximum Gasteiger partial charge on any atom is 0.160 e. The van der Waals surface area contributed by atoms with Gasteiger partial charge in [-0.15, -0.1) is 0 Å². The Balaban J connectivity index is 2.02. The van der Waals surface area contributed by atoms with Gasteiger partial charge in [-0.25, -0.2) is 0 Å². The molecule has 5 nitrogen and oxygen atoms in total. The number of aromatic hydroxyl groups is 1. The summed E-state index contributed by atoms with van der Waals surface area (Å²) in [5.41, 5.74) is 0.773. The quantitative estimate of drug-likeness (QED) is 0.845. The SMILES string of the molecule is COc1cc(C(C#N)NCC2CCCO2)ccc1O. The van der Waals surface area contributed by atoms with Crippen LogP contribution in [-0.4, -0.2) is 31.5 Å². The molecule has 19 heavy (non-hydrogen) atoms. The van der Waals surface area contributed by atoms with Gasteiger partial charge in [-0.05, 0) is 30.5 Å². The lowest BCUT2D eigenvalue weighted by atomic mass is 10.1. The minimum atomic E-state index is -0.432. The van der Waals surface area contributed by atoms with Crippen molar-refractivity contribution in [2.24, 2.45) is 0 Å². The Morgan fingerprint density at radius 2 is 2.47 bits per heavy atom. The number of phenols is 1. The van der Waals surface area contributed by atoms with Gasteiger partial charge in [0, 0.05) is 13.2 Å². The number of nitrogens with zero attached hydrogens (tertiary/aromatic N) is 1. The van der Waals surface area contributed by atoms with E-state index in [-0.39, 0.29) is 11.9 Å². The lowest BCUT2D eigenvalue weighted by molar-refractivity contribution is 0.109. The maximum atomic E-state index is 9.54. The van der Waals surface area contributed by atoms with E-state index in [1.807, 2.05) is 0 Å². The minimum absolute atomic E-state index is 0.0714. The smallest absolute Gasteiger partial charge is 0.160 e. The van der Waals surface area contributed by atoms with Crippen molar-refractivity contribution >= 4 is 0 Å². The molecule has 1 aromatic carbocycles. The molecule has 2 N–H and O–H groups in total. The standard InChI is InChI=1S/C14H18N2O3/c1-18-14-7-10(4-5-13(14)17)12(8-15)16-9-11-3-2-6-19-11/h4-5,7,11-12,16-17H,2-3,6,9H2,1H3. The Morgan fingerprint density at radius 3 is 3.11 bits per heavy atom. The van der Waals surface area contributed by atoms with Crippen LogP contribution in [0.15, 0.2) is 18.2 Å². The third-order valence-electron chi connectivity index (χ3n) is 3.24. The van der Waals surface area contributed by atoms with Crippen LogP contribution in [0.5, 0.6) is 11.5 Å². The predicted octanol–water partition coefficient (Wildman–Crippen LogP) is 1.73. The number of benzene rings is 1. The summed E-state index contributed by atoms with van der Waals surface area (Å²) >= 11 is 0. The number of rotatable bonds is 5. The van der Waals surface area contributed by atoms with Crippen LogP contribution in [0.4, 0.5) is 0 Å². The first-order valence-electron chi connectivity index (χ1n) is 6.36. The van der Waals surface area contributed by atoms with Crippen molar-refractivity contribution in [2.75, 3.05) is 20.3 Å². The molecular weight excluding hydrogens is 244 g/mol. The third kappa shape index (κ3) is 3.37. The van der Waals surface area contributed by atoms with Crippen LogP contribution >= 0.6 is 0 Å². The number of hydrogen-bond donors (Lipinski definition) is 2. The summed E-state index contributed by atoms with van der Waals surface area (Å²) in [7, 11) is 1.49. The van der Waals surface area contributed by atoms with Crippen molar-refractivity contribution in [1.29, 1.82) is 5.26 Å². The fourth-order valence-electron chi connectivity index (χ4n) is 2.17. The average Bonchev–Trinajstić information content (AvgIpc) is 2.94. The number of nitrogens with one attached hydrogen (secondary N) is 1. The van der Waals surface area contributed by atoms with E-state index >= 15 is 0 Å². The molecule has 1 aromatic rings. The zero-order valence-corrected chi connectivity index (χ0v) is 10.9. The second-order valence-electron chi connectivity index (χ2n) is 4.54. The third-order valence-corrected chi connectivity index (χ3v) is 3.24. The summed E-state index contributed by atoms with van der Waals surface area (Å²) in [6, 6.07) is 6.70. The van der Waals surface area contributed by atoms with Gasteiger partial charge in [0.15, 0.2) is 11.5 Å². The molecule has 102 valence electrons. The number of methoxy groups -OCH3 is 1. The highest BCUT2D eigenvalue weighted by atomic mass is 16.5. The highest BCUT2D eigenvalue weighted by Crippen LogP contribution is 2.28. The zero-order valence-electron chi connectivity index (χ0n) is 10.9. The summed E-state index contributed by atoms with van der Waals surface area (Å²) in [6.45, 7) is 1.46. The van der Waals surface area contributed by atoms with Gasteiger partial charge in [0.05, 0.1) is 19.3 Å². The van der Waals surface area contributed by atoms with Crippen molar-refractivity contribution in [3.8, 4) is 17.6 Å². The highest BCUT2D eigenvalue weighted by molar-refractivity contribution is 5.43. The fourth-order valence-corrected chi connectivity index (χ4v) is 2.17. The number of ether oxygens (including phenoxy) is 2. The normalized spacial score (nSPS) is 19.9. The van der Waals surface area contributed by atoms with E-state index in [2.05, 4.69) is 11.4 Å².